The predicted octanol–water partition coefficient (Wildman–Crippen LogP) is -0.885. The lowest BCUT2D eigenvalue weighted by Gasteiger charge is -2.27. The van der Waals surface area contributed by atoms with E-state index >= 15 is 0 Å². The van der Waals surface area contributed by atoms with Crippen molar-refractivity contribution >= 4 is 23.9 Å². The van der Waals surface area contributed by atoms with Gasteiger partial charge in [0, 0.05) is 25.9 Å². The lowest BCUT2D eigenvalue weighted by Crippen LogP contribution is -2.54. The van der Waals surface area contributed by atoms with Crippen LogP contribution >= 0.6 is 0 Å². The molecule has 0 fully saturated rings. The molecule has 0 aromatic carbocycles. The van der Waals surface area contributed by atoms with Crippen LogP contribution in [0.1, 0.15) is 26.7 Å². The first kappa shape index (κ1) is 19.6. The van der Waals surface area contributed by atoms with E-state index in [0.717, 1.165) is 0 Å². The number of ether oxygens (including phenoxy) is 1. The number of nitrogens with zero attached hydrogens (tertiary/aromatic N) is 1. The number of ketones is 1. The highest BCUT2D eigenvalue weighted by molar-refractivity contribution is 6.26. The summed E-state index contributed by atoms with van der Waals surface area (Å²) in [5.74, 6) is -1.90. The third kappa shape index (κ3) is 5.65. The van der Waals surface area contributed by atoms with Gasteiger partial charge in [0.2, 0.25) is 0 Å². The second kappa shape index (κ2) is 9.02. The van der Waals surface area contributed by atoms with Gasteiger partial charge in [-0.25, -0.2) is 4.79 Å². The smallest absolute Gasteiger partial charge is 0.328 e. The Morgan fingerprint density at radius 1 is 1.46 bits per heavy atom. The Morgan fingerprint density at radius 3 is 2.62 bits per heavy atom. The molecule has 0 saturated heterocycles. The first-order valence-electron chi connectivity index (χ1n) is 7.63. The third-order valence-corrected chi connectivity index (χ3v) is 3.38. The third-order valence-electron chi connectivity index (χ3n) is 3.38. The number of likely N-dealkylation sites (N-methyl/N-ethyl adjacent to an activating group) is 1. The molecule has 4 N–H and O–H groups in total. The van der Waals surface area contributed by atoms with Gasteiger partial charge in [-0.2, -0.15) is 0 Å². The van der Waals surface area contributed by atoms with Gasteiger partial charge >= 0.3 is 5.97 Å². The van der Waals surface area contributed by atoms with Gasteiger partial charge in [-0.3, -0.25) is 9.59 Å². The number of carbonyl (C=O) groups is 3. The van der Waals surface area contributed by atoms with Crippen LogP contribution in [-0.4, -0.2) is 65.3 Å². The molecule has 1 aliphatic heterocycles. The number of hydrogen-bond acceptors (Lipinski definition) is 8. The molecule has 1 rings (SSSR count). The zero-order chi connectivity index (χ0) is 18.3. The Morgan fingerprint density at radius 2 is 2.12 bits per heavy atom. The van der Waals surface area contributed by atoms with Crippen LogP contribution < -0.4 is 10.6 Å². The first-order valence-corrected chi connectivity index (χ1v) is 7.63. The molecule has 0 aromatic heterocycles. The maximum absolute atomic E-state index is 12.2. The highest BCUT2D eigenvalue weighted by atomic mass is 16.5. The molecule has 3 atom stereocenters. The van der Waals surface area contributed by atoms with Crippen molar-refractivity contribution in [3.63, 3.8) is 0 Å². The highest BCUT2D eigenvalue weighted by Gasteiger charge is 2.33. The van der Waals surface area contributed by atoms with Gasteiger partial charge in [-0.15, -0.1) is 0 Å². The van der Waals surface area contributed by atoms with E-state index in [-0.39, 0.29) is 18.9 Å². The molecule has 0 aliphatic carbocycles. The van der Waals surface area contributed by atoms with Crippen LogP contribution in [0, 0.1) is 5.41 Å². The van der Waals surface area contributed by atoms with Crippen LogP contribution in [0.15, 0.2) is 12.4 Å². The standard InChI is InChI=1S/C15H24N4O5/c1-9(2)24-15(23)11(5-4-10(20)8-16)18-14(22)12(21)13-17-6-7-19(13)3/h6-9,11-13,16-17,21H,4-5H2,1-3H3,(H,18,22)/t11-,12+,13?/m0/s1. The molecule has 0 radical (unpaired) electrons. The molecular formula is C15H24N4O5. The number of rotatable bonds is 9. The summed E-state index contributed by atoms with van der Waals surface area (Å²) in [5, 5.41) is 22.2. The monoisotopic (exact) mass is 340 g/mol. The van der Waals surface area contributed by atoms with Gasteiger partial charge in [0.15, 0.2) is 11.9 Å². The van der Waals surface area contributed by atoms with Crippen molar-refractivity contribution in [1.82, 2.24) is 15.5 Å². The number of hydrogen-bond donors (Lipinski definition) is 4. The van der Waals surface area contributed by atoms with Crippen molar-refractivity contribution in [3.8, 4) is 0 Å². The van der Waals surface area contributed by atoms with Crippen molar-refractivity contribution in [2.24, 2.45) is 0 Å². The van der Waals surface area contributed by atoms with Gasteiger partial charge in [-0.05, 0) is 20.3 Å². The Hall–Kier alpha value is -2.42. The van der Waals surface area contributed by atoms with Gasteiger partial charge in [0.05, 0.1) is 12.3 Å². The van der Waals surface area contributed by atoms with Gasteiger partial charge in [-0.1, -0.05) is 0 Å². The highest BCUT2D eigenvalue weighted by Crippen LogP contribution is 2.08. The summed E-state index contributed by atoms with van der Waals surface area (Å²) >= 11 is 0. The molecule has 0 spiro atoms. The summed E-state index contributed by atoms with van der Waals surface area (Å²) < 4.78 is 5.06. The van der Waals surface area contributed by atoms with E-state index in [0.29, 0.717) is 6.21 Å². The summed E-state index contributed by atoms with van der Waals surface area (Å²) in [5.41, 5.74) is 0. The van der Waals surface area contributed by atoms with Crippen LogP contribution in [0.3, 0.4) is 0 Å². The fourth-order valence-electron chi connectivity index (χ4n) is 2.11. The summed E-state index contributed by atoms with van der Waals surface area (Å²) in [6.45, 7) is 3.33. The molecule has 0 saturated carbocycles. The molecule has 1 heterocycles. The van der Waals surface area contributed by atoms with Crippen molar-refractivity contribution in [1.29, 1.82) is 5.41 Å². The van der Waals surface area contributed by atoms with Crippen LogP contribution in [0.25, 0.3) is 0 Å². The molecule has 1 amide bonds. The average Bonchev–Trinajstić information content (AvgIpc) is 2.95. The number of carbonyl (C=O) groups excluding carboxylic acids is 3. The Balaban J connectivity index is 2.71. The average molecular weight is 340 g/mol. The minimum absolute atomic E-state index is 0.00951. The lowest BCUT2D eigenvalue weighted by atomic mass is 10.1. The van der Waals surface area contributed by atoms with E-state index < -0.39 is 36.0 Å². The quantitative estimate of drug-likeness (QED) is 0.316. The SMILES string of the molecule is CC(C)OC(=O)[C@H](CCC(=O)C=N)NC(=O)[C@H](O)C1NC=CN1C. The van der Waals surface area contributed by atoms with E-state index in [4.69, 9.17) is 10.1 Å². The maximum atomic E-state index is 12.2. The molecule has 0 bridgehead atoms. The molecule has 9 heteroatoms. The van der Waals surface area contributed by atoms with Crippen molar-refractivity contribution in [3.05, 3.63) is 12.4 Å². The Labute approximate surface area is 140 Å². The van der Waals surface area contributed by atoms with Crippen LogP contribution in [-0.2, 0) is 19.1 Å². The topological polar surface area (TPSA) is 132 Å². The molecule has 1 aliphatic rings. The Bertz CT molecular complexity index is 520. The van der Waals surface area contributed by atoms with Gasteiger partial charge < -0.3 is 30.8 Å². The molecule has 0 aromatic rings. The summed E-state index contributed by atoms with van der Waals surface area (Å²) in [4.78, 5) is 37.1. The number of amides is 1. The zero-order valence-corrected chi connectivity index (χ0v) is 14.0. The van der Waals surface area contributed by atoms with Crippen molar-refractivity contribution in [2.45, 2.75) is 51.1 Å². The molecule has 1 unspecified atom stereocenters. The number of nitrogens with one attached hydrogen (secondary N) is 3. The van der Waals surface area contributed by atoms with Crippen LogP contribution in [0.2, 0.25) is 0 Å². The molecule has 24 heavy (non-hydrogen) atoms. The number of Topliss-reactive ketones (excluding diaryl/α,β-unsaturated/α-hetero) is 1. The number of esters is 1. The van der Waals surface area contributed by atoms with Crippen LogP contribution in [0.4, 0.5) is 0 Å². The second-order valence-corrected chi connectivity index (χ2v) is 5.73. The lowest BCUT2D eigenvalue weighted by molar-refractivity contribution is -0.153. The molecule has 9 nitrogen and oxygen atoms in total. The van der Waals surface area contributed by atoms with Crippen LogP contribution in [0.5, 0.6) is 0 Å². The molecular weight excluding hydrogens is 316 g/mol. The minimum atomic E-state index is -1.42. The second-order valence-electron chi connectivity index (χ2n) is 5.73. The van der Waals surface area contributed by atoms with E-state index in [9.17, 15) is 19.5 Å². The predicted molar refractivity (Wildman–Crippen MR) is 86.0 cm³/mol. The summed E-state index contributed by atoms with van der Waals surface area (Å²) in [6.07, 6.45) is 1.37. The maximum Gasteiger partial charge on any atom is 0.328 e. The fourth-order valence-corrected chi connectivity index (χ4v) is 2.11. The number of aliphatic hydroxyl groups excluding tert-OH is 1. The largest absolute Gasteiger partial charge is 0.461 e. The van der Waals surface area contributed by atoms with Crippen molar-refractivity contribution in [2.75, 3.05) is 7.05 Å². The van der Waals surface area contributed by atoms with E-state index in [1.807, 2.05) is 0 Å². The van der Waals surface area contributed by atoms with E-state index in [1.165, 1.54) is 0 Å². The summed E-state index contributed by atoms with van der Waals surface area (Å²) in [7, 11) is 1.69. The first-order chi connectivity index (χ1) is 11.3. The Kier molecular flexibility index (Phi) is 7.37. The fraction of sp³-hybridized carbons (Fsp3) is 0.600. The minimum Gasteiger partial charge on any atom is -0.461 e. The van der Waals surface area contributed by atoms with E-state index in [1.54, 1.807) is 38.2 Å². The molecule has 134 valence electrons. The number of aliphatic hydroxyl groups is 1. The van der Waals surface area contributed by atoms with Gasteiger partial charge in [0.25, 0.3) is 5.91 Å². The summed E-state index contributed by atoms with van der Waals surface area (Å²) in [6, 6.07) is -1.07. The van der Waals surface area contributed by atoms with Gasteiger partial charge in [0.1, 0.15) is 12.2 Å². The zero-order valence-electron chi connectivity index (χ0n) is 14.0. The normalized spacial score (nSPS) is 18.7. The van der Waals surface area contributed by atoms with E-state index in [2.05, 4.69) is 10.6 Å². The van der Waals surface area contributed by atoms with Crippen molar-refractivity contribution < 1.29 is 24.2 Å².